The molecule has 2 N–H and O–H groups in total. The van der Waals surface area contributed by atoms with Crippen molar-refractivity contribution in [2.45, 2.75) is 59.2 Å². The first-order valence-corrected chi connectivity index (χ1v) is 7.04. The lowest BCUT2D eigenvalue weighted by Crippen LogP contribution is -2.26. The van der Waals surface area contributed by atoms with Gasteiger partial charge in [-0.3, -0.25) is 4.68 Å². The van der Waals surface area contributed by atoms with Crippen molar-refractivity contribution in [2.24, 2.45) is 0 Å². The third-order valence-corrected chi connectivity index (χ3v) is 3.52. The molecule has 0 saturated heterocycles. The van der Waals surface area contributed by atoms with E-state index >= 15 is 0 Å². The number of hydrogen-bond donors (Lipinski definition) is 2. The van der Waals surface area contributed by atoms with Gasteiger partial charge in [0.15, 0.2) is 0 Å². The predicted octanol–water partition coefficient (Wildman–Crippen LogP) is 2.51. The fourth-order valence-corrected chi connectivity index (χ4v) is 2.15. The van der Waals surface area contributed by atoms with Crippen LogP contribution in [0.1, 0.15) is 44.4 Å². The van der Waals surface area contributed by atoms with Gasteiger partial charge in [0.05, 0.1) is 5.69 Å². The van der Waals surface area contributed by atoms with Gasteiger partial charge in [-0.2, -0.15) is 5.10 Å². The standard InChI is InChI=1S/C13H24ClN3O/c1-4-5-7-17-13(14)12(11(3)16-17)9-15-10(2)6-8-18/h10,15,18H,4-9H2,1-3H3. The Morgan fingerprint density at radius 1 is 1.50 bits per heavy atom. The van der Waals surface area contributed by atoms with Crippen molar-refractivity contribution in [3.05, 3.63) is 16.4 Å². The second-order valence-corrected chi connectivity index (χ2v) is 5.08. The molecule has 0 aliphatic carbocycles. The smallest absolute Gasteiger partial charge is 0.131 e. The fraction of sp³-hybridized carbons (Fsp3) is 0.769. The highest BCUT2D eigenvalue weighted by molar-refractivity contribution is 6.30. The van der Waals surface area contributed by atoms with Crippen LogP contribution in [0.5, 0.6) is 0 Å². The average Bonchev–Trinajstić information content (AvgIpc) is 2.60. The lowest BCUT2D eigenvalue weighted by Gasteiger charge is -2.12. The number of aromatic nitrogens is 2. The molecule has 0 spiro atoms. The molecule has 0 amide bonds. The van der Waals surface area contributed by atoms with Gasteiger partial charge in [0, 0.05) is 31.3 Å². The highest BCUT2D eigenvalue weighted by atomic mass is 35.5. The number of nitrogens with one attached hydrogen (secondary N) is 1. The molecule has 4 nitrogen and oxygen atoms in total. The first kappa shape index (κ1) is 15.5. The monoisotopic (exact) mass is 273 g/mol. The summed E-state index contributed by atoms with van der Waals surface area (Å²) in [5.41, 5.74) is 2.05. The molecule has 1 unspecified atom stereocenters. The fourth-order valence-electron chi connectivity index (χ4n) is 1.82. The van der Waals surface area contributed by atoms with E-state index in [4.69, 9.17) is 16.7 Å². The van der Waals surface area contributed by atoms with Crippen LogP contribution in [-0.4, -0.2) is 27.5 Å². The molecule has 0 bridgehead atoms. The van der Waals surface area contributed by atoms with Crippen LogP contribution in [0.3, 0.4) is 0 Å². The zero-order valence-electron chi connectivity index (χ0n) is 11.5. The Kier molecular flexibility index (Phi) is 6.68. The summed E-state index contributed by atoms with van der Waals surface area (Å²) >= 11 is 6.34. The molecule has 0 aliphatic rings. The maximum absolute atomic E-state index is 8.86. The van der Waals surface area contributed by atoms with E-state index in [0.29, 0.717) is 6.54 Å². The summed E-state index contributed by atoms with van der Waals surface area (Å²) in [5, 5.41) is 17.4. The molecule has 1 aromatic heterocycles. The van der Waals surface area contributed by atoms with E-state index in [1.165, 1.54) is 0 Å². The average molecular weight is 274 g/mol. The van der Waals surface area contributed by atoms with Gasteiger partial charge in [-0.1, -0.05) is 24.9 Å². The molecule has 1 atom stereocenters. The van der Waals surface area contributed by atoms with Crippen molar-refractivity contribution in [1.82, 2.24) is 15.1 Å². The zero-order chi connectivity index (χ0) is 13.5. The lowest BCUT2D eigenvalue weighted by atomic mass is 10.2. The molecule has 1 aromatic rings. The van der Waals surface area contributed by atoms with E-state index in [0.717, 1.165) is 42.2 Å². The van der Waals surface area contributed by atoms with Crippen LogP contribution in [0.4, 0.5) is 0 Å². The minimum absolute atomic E-state index is 0.205. The van der Waals surface area contributed by atoms with Crippen molar-refractivity contribution < 1.29 is 5.11 Å². The number of unbranched alkanes of at least 4 members (excludes halogenated alkanes) is 1. The number of halogens is 1. The third kappa shape index (κ3) is 4.26. The maximum atomic E-state index is 8.86. The van der Waals surface area contributed by atoms with Crippen LogP contribution in [0.25, 0.3) is 0 Å². The van der Waals surface area contributed by atoms with Crippen molar-refractivity contribution in [3.63, 3.8) is 0 Å². The first-order valence-electron chi connectivity index (χ1n) is 6.66. The Labute approximate surface area is 114 Å². The van der Waals surface area contributed by atoms with E-state index in [9.17, 15) is 0 Å². The highest BCUT2D eigenvalue weighted by Gasteiger charge is 2.13. The Morgan fingerprint density at radius 2 is 2.22 bits per heavy atom. The molecule has 1 rings (SSSR count). The van der Waals surface area contributed by atoms with Gasteiger partial charge in [0.25, 0.3) is 0 Å². The summed E-state index contributed by atoms with van der Waals surface area (Å²) in [5.74, 6) is 0. The van der Waals surface area contributed by atoms with E-state index in [1.54, 1.807) is 0 Å². The van der Waals surface area contributed by atoms with E-state index < -0.39 is 0 Å². The molecule has 0 saturated carbocycles. The van der Waals surface area contributed by atoms with Crippen molar-refractivity contribution in [2.75, 3.05) is 6.61 Å². The Bertz CT molecular complexity index is 365. The lowest BCUT2D eigenvalue weighted by molar-refractivity contribution is 0.268. The maximum Gasteiger partial charge on any atom is 0.131 e. The first-order chi connectivity index (χ1) is 8.60. The van der Waals surface area contributed by atoms with Crippen molar-refractivity contribution in [1.29, 1.82) is 0 Å². The van der Waals surface area contributed by atoms with Crippen LogP contribution in [0.2, 0.25) is 5.15 Å². The second kappa shape index (κ2) is 7.77. The summed E-state index contributed by atoms with van der Waals surface area (Å²) in [4.78, 5) is 0. The number of aryl methyl sites for hydroxylation is 2. The normalized spacial score (nSPS) is 12.9. The van der Waals surface area contributed by atoms with Crippen LogP contribution in [0, 0.1) is 6.92 Å². The number of aliphatic hydroxyl groups is 1. The number of rotatable bonds is 8. The summed E-state index contributed by atoms with van der Waals surface area (Å²) in [6.45, 7) is 7.99. The minimum atomic E-state index is 0.205. The largest absolute Gasteiger partial charge is 0.396 e. The van der Waals surface area contributed by atoms with Crippen LogP contribution in [0.15, 0.2) is 0 Å². The number of nitrogens with zero attached hydrogens (tertiary/aromatic N) is 2. The van der Waals surface area contributed by atoms with Gasteiger partial charge < -0.3 is 10.4 Å². The molecular weight excluding hydrogens is 250 g/mol. The van der Waals surface area contributed by atoms with Gasteiger partial charge in [0.1, 0.15) is 5.15 Å². The van der Waals surface area contributed by atoms with Gasteiger partial charge in [0.2, 0.25) is 0 Å². The Morgan fingerprint density at radius 3 is 2.83 bits per heavy atom. The predicted molar refractivity (Wildman–Crippen MR) is 74.9 cm³/mol. The van der Waals surface area contributed by atoms with Crippen molar-refractivity contribution in [3.8, 4) is 0 Å². The van der Waals surface area contributed by atoms with Crippen LogP contribution < -0.4 is 5.32 Å². The van der Waals surface area contributed by atoms with E-state index in [2.05, 4.69) is 24.3 Å². The SMILES string of the molecule is CCCCn1nc(C)c(CNC(C)CCO)c1Cl. The number of hydrogen-bond acceptors (Lipinski definition) is 3. The van der Waals surface area contributed by atoms with Gasteiger partial charge in [-0.15, -0.1) is 0 Å². The molecule has 18 heavy (non-hydrogen) atoms. The summed E-state index contributed by atoms with van der Waals surface area (Å²) < 4.78 is 1.88. The van der Waals surface area contributed by atoms with E-state index in [-0.39, 0.29) is 12.6 Å². The minimum Gasteiger partial charge on any atom is -0.396 e. The second-order valence-electron chi connectivity index (χ2n) is 4.73. The molecular formula is C13H24ClN3O. The zero-order valence-corrected chi connectivity index (χ0v) is 12.3. The van der Waals surface area contributed by atoms with Gasteiger partial charge in [-0.05, 0) is 26.7 Å². The molecule has 1 heterocycles. The molecule has 0 fully saturated rings. The van der Waals surface area contributed by atoms with Crippen molar-refractivity contribution >= 4 is 11.6 Å². The topological polar surface area (TPSA) is 50.1 Å². The number of aliphatic hydroxyl groups excluding tert-OH is 1. The molecule has 0 aromatic carbocycles. The summed E-state index contributed by atoms with van der Waals surface area (Å²) in [6.07, 6.45) is 2.98. The summed E-state index contributed by atoms with van der Waals surface area (Å²) in [6, 6.07) is 0.282. The molecule has 0 aliphatic heterocycles. The molecule has 104 valence electrons. The quantitative estimate of drug-likeness (QED) is 0.765. The highest BCUT2D eigenvalue weighted by Crippen LogP contribution is 2.20. The van der Waals surface area contributed by atoms with Gasteiger partial charge >= 0.3 is 0 Å². The molecule has 0 radical (unpaired) electrons. The molecule has 5 heteroatoms. The Balaban J connectivity index is 2.62. The van der Waals surface area contributed by atoms with Crippen LogP contribution in [-0.2, 0) is 13.1 Å². The Hall–Kier alpha value is -0.580. The third-order valence-electron chi connectivity index (χ3n) is 3.10. The van der Waals surface area contributed by atoms with E-state index in [1.807, 2.05) is 11.6 Å². The van der Waals surface area contributed by atoms with Gasteiger partial charge in [-0.25, -0.2) is 0 Å². The van der Waals surface area contributed by atoms with Crippen LogP contribution >= 0.6 is 11.6 Å². The summed E-state index contributed by atoms with van der Waals surface area (Å²) in [7, 11) is 0.